The molecule has 0 radical (unpaired) electrons. The van der Waals surface area contributed by atoms with Crippen LogP contribution in [0.25, 0.3) is 17.0 Å². The van der Waals surface area contributed by atoms with Crippen molar-refractivity contribution in [1.82, 2.24) is 9.78 Å². The lowest BCUT2D eigenvalue weighted by Gasteiger charge is -2.09. The molecule has 5 rings (SSSR count). The largest absolute Gasteiger partial charge is 0.238 e. The minimum absolute atomic E-state index is 0.700. The van der Waals surface area contributed by atoms with Gasteiger partial charge in [-0.05, 0) is 48.5 Å². The zero-order valence-electron chi connectivity index (χ0n) is 18.5. The van der Waals surface area contributed by atoms with Crippen molar-refractivity contribution in [3.63, 3.8) is 0 Å². The maximum Gasteiger partial charge on any atom is 0.107 e. The Morgan fingerprint density at radius 1 is 0.686 bits per heavy atom. The standard InChI is InChI=1S/C29H20Cl2N2S2/c30-23-15-11-21(12-16-23)27(20-34-25-7-3-1-4-8-25)33-19-28(35-26-9-5-2-6-10-26)29(32-33)22-13-17-24(31)18-14-22/h1-20H/b27-20-. The summed E-state index contributed by atoms with van der Waals surface area (Å²) < 4.78 is 1.95. The minimum atomic E-state index is 0.700. The summed E-state index contributed by atoms with van der Waals surface area (Å²) in [4.78, 5) is 3.36. The van der Waals surface area contributed by atoms with E-state index in [1.54, 1.807) is 23.5 Å². The van der Waals surface area contributed by atoms with Crippen molar-refractivity contribution >= 4 is 52.4 Å². The van der Waals surface area contributed by atoms with Gasteiger partial charge in [-0.1, -0.05) is 107 Å². The molecule has 5 aromatic rings. The predicted molar refractivity (Wildman–Crippen MR) is 150 cm³/mol. The second kappa shape index (κ2) is 11.2. The van der Waals surface area contributed by atoms with Crippen molar-refractivity contribution in [1.29, 1.82) is 0 Å². The normalized spacial score (nSPS) is 11.5. The van der Waals surface area contributed by atoms with E-state index in [1.807, 2.05) is 89.6 Å². The molecule has 1 aromatic heterocycles. The van der Waals surface area contributed by atoms with E-state index in [-0.39, 0.29) is 0 Å². The lowest BCUT2D eigenvalue weighted by Crippen LogP contribution is -1.99. The summed E-state index contributed by atoms with van der Waals surface area (Å²) in [6, 6.07) is 36.3. The molecular weight excluding hydrogens is 511 g/mol. The Hall–Kier alpha value is -2.89. The highest BCUT2D eigenvalue weighted by Gasteiger charge is 2.16. The van der Waals surface area contributed by atoms with E-state index in [0.717, 1.165) is 37.2 Å². The highest BCUT2D eigenvalue weighted by atomic mass is 35.5. The number of aromatic nitrogens is 2. The Kier molecular flexibility index (Phi) is 7.65. The van der Waals surface area contributed by atoms with Gasteiger partial charge in [0.15, 0.2) is 0 Å². The van der Waals surface area contributed by atoms with Gasteiger partial charge >= 0.3 is 0 Å². The molecule has 0 atom stereocenters. The van der Waals surface area contributed by atoms with E-state index in [1.165, 1.54) is 0 Å². The first-order valence-electron chi connectivity index (χ1n) is 10.9. The van der Waals surface area contributed by atoms with Crippen molar-refractivity contribution in [2.24, 2.45) is 0 Å². The van der Waals surface area contributed by atoms with Crippen LogP contribution in [0.3, 0.4) is 0 Å². The van der Waals surface area contributed by atoms with Gasteiger partial charge in [0.05, 0.1) is 10.6 Å². The summed E-state index contributed by atoms with van der Waals surface area (Å²) >= 11 is 15.7. The van der Waals surface area contributed by atoms with Crippen LogP contribution in [0.2, 0.25) is 10.0 Å². The third-order valence-corrected chi connectivity index (χ3v) is 7.62. The van der Waals surface area contributed by atoms with E-state index in [4.69, 9.17) is 28.3 Å². The third kappa shape index (κ3) is 6.03. The monoisotopic (exact) mass is 530 g/mol. The van der Waals surface area contributed by atoms with Crippen LogP contribution >= 0.6 is 46.7 Å². The third-order valence-electron chi connectivity index (χ3n) is 5.21. The maximum absolute atomic E-state index is 6.19. The number of halogens is 2. The zero-order valence-corrected chi connectivity index (χ0v) is 21.7. The van der Waals surface area contributed by atoms with Gasteiger partial charge in [-0.3, -0.25) is 0 Å². The number of thioether (sulfide) groups is 1. The van der Waals surface area contributed by atoms with Crippen molar-refractivity contribution in [3.05, 3.63) is 136 Å². The fraction of sp³-hybridized carbons (Fsp3) is 0. The molecule has 0 aliphatic rings. The van der Waals surface area contributed by atoms with Crippen molar-refractivity contribution in [2.45, 2.75) is 14.7 Å². The lowest BCUT2D eigenvalue weighted by molar-refractivity contribution is 0.908. The number of rotatable bonds is 7. The van der Waals surface area contributed by atoms with Gasteiger partial charge in [0, 0.05) is 42.6 Å². The first-order chi connectivity index (χ1) is 17.2. The molecule has 0 bridgehead atoms. The second-order valence-corrected chi connectivity index (χ2v) is 10.6. The van der Waals surface area contributed by atoms with Crippen LogP contribution in [0.5, 0.6) is 0 Å². The Labute approximate surface area is 223 Å². The summed E-state index contributed by atoms with van der Waals surface area (Å²) in [5, 5.41) is 8.59. The van der Waals surface area contributed by atoms with Crippen molar-refractivity contribution < 1.29 is 0 Å². The van der Waals surface area contributed by atoms with E-state index in [2.05, 4.69) is 35.9 Å². The first-order valence-corrected chi connectivity index (χ1v) is 13.4. The minimum Gasteiger partial charge on any atom is -0.238 e. The molecular formula is C29H20Cl2N2S2. The van der Waals surface area contributed by atoms with Gasteiger partial charge in [0.25, 0.3) is 0 Å². The average molecular weight is 532 g/mol. The molecule has 1 heterocycles. The molecule has 4 aromatic carbocycles. The second-order valence-electron chi connectivity index (χ2n) is 7.65. The number of benzene rings is 4. The molecule has 0 aliphatic heterocycles. The zero-order chi connectivity index (χ0) is 24.0. The topological polar surface area (TPSA) is 17.8 Å². The molecule has 0 saturated heterocycles. The SMILES string of the molecule is Clc1ccc(/C(=C/Sc2ccccc2)n2cc(Sc3ccccc3)c(-c3ccc(Cl)cc3)n2)cc1. The Morgan fingerprint density at radius 2 is 1.26 bits per heavy atom. The molecule has 6 heteroatoms. The molecule has 172 valence electrons. The predicted octanol–water partition coefficient (Wildman–Crippen LogP) is 9.65. The smallest absolute Gasteiger partial charge is 0.107 e. The average Bonchev–Trinajstić information content (AvgIpc) is 3.30. The molecule has 35 heavy (non-hydrogen) atoms. The molecule has 0 N–H and O–H groups in total. The summed E-state index contributed by atoms with van der Waals surface area (Å²) in [5.74, 6) is 0. The highest BCUT2D eigenvalue weighted by molar-refractivity contribution is 8.02. The summed E-state index contributed by atoms with van der Waals surface area (Å²) in [5.41, 5.74) is 3.91. The van der Waals surface area contributed by atoms with Gasteiger partial charge in [0.2, 0.25) is 0 Å². The molecule has 2 nitrogen and oxygen atoms in total. The Balaban J connectivity index is 1.61. The molecule has 0 amide bonds. The molecule has 0 spiro atoms. The van der Waals surface area contributed by atoms with Gasteiger partial charge in [0.1, 0.15) is 5.69 Å². The van der Waals surface area contributed by atoms with E-state index < -0.39 is 0 Å². The molecule has 0 unspecified atom stereocenters. The molecule has 0 fully saturated rings. The highest BCUT2D eigenvalue weighted by Crippen LogP contribution is 2.37. The lowest BCUT2D eigenvalue weighted by atomic mass is 10.2. The van der Waals surface area contributed by atoms with Crippen LogP contribution in [0.15, 0.2) is 135 Å². The van der Waals surface area contributed by atoms with Gasteiger partial charge in [-0.25, -0.2) is 4.68 Å². The molecule has 0 aliphatic carbocycles. The van der Waals surface area contributed by atoms with Gasteiger partial charge in [-0.15, -0.1) is 0 Å². The van der Waals surface area contributed by atoms with Crippen LogP contribution in [-0.4, -0.2) is 9.78 Å². The fourth-order valence-electron chi connectivity index (χ4n) is 3.48. The van der Waals surface area contributed by atoms with Crippen LogP contribution in [0.1, 0.15) is 5.56 Å². The van der Waals surface area contributed by atoms with E-state index in [0.29, 0.717) is 10.0 Å². The number of nitrogens with zero attached hydrogens (tertiary/aromatic N) is 2. The number of hydrogen-bond acceptors (Lipinski definition) is 3. The fourth-order valence-corrected chi connectivity index (χ4v) is 5.49. The quantitative estimate of drug-likeness (QED) is 0.195. The van der Waals surface area contributed by atoms with E-state index in [9.17, 15) is 0 Å². The van der Waals surface area contributed by atoms with Crippen molar-refractivity contribution in [2.75, 3.05) is 0 Å². The van der Waals surface area contributed by atoms with Crippen LogP contribution in [-0.2, 0) is 0 Å². The molecule has 0 saturated carbocycles. The summed E-state index contributed by atoms with van der Waals surface area (Å²) in [7, 11) is 0. The number of hydrogen-bond donors (Lipinski definition) is 0. The van der Waals surface area contributed by atoms with Crippen LogP contribution in [0.4, 0.5) is 0 Å². The van der Waals surface area contributed by atoms with Crippen molar-refractivity contribution in [3.8, 4) is 11.3 Å². The van der Waals surface area contributed by atoms with Gasteiger partial charge in [-0.2, -0.15) is 5.10 Å². The van der Waals surface area contributed by atoms with E-state index >= 15 is 0 Å². The Morgan fingerprint density at radius 3 is 1.89 bits per heavy atom. The van der Waals surface area contributed by atoms with Gasteiger partial charge < -0.3 is 0 Å². The summed E-state index contributed by atoms with van der Waals surface area (Å²) in [6.45, 7) is 0. The first kappa shape index (κ1) is 23.8. The van der Waals surface area contributed by atoms with Crippen LogP contribution < -0.4 is 0 Å². The van der Waals surface area contributed by atoms with Crippen LogP contribution in [0, 0.1) is 0 Å². The maximum atomic E-state index is 6.19. The Bertz CT molecular complexity index is 1430. The summed E-state index contributed by atoms with van der Waals surface area (Å²) in [6.07, 6.45) is 2.09.